The van der Waals surface area contributed by atoms with Gasteiger partial charge in [-0.25, -0.2) is 0 Å². The van der Waals surface area contributed by atoms with E-state index in [9.17, 15) is 0 Å². The van der Waals surface area contributed by atoms with Crippen LogP contribution in [-0.4, -0.2) is 11.5 Å². The van der Waals surface area contributed by atoms with Gasteiger partial charge in [0.05, 0.1) is 0 Å². The topological polar surface area (TPSA) is 0 Å². The molecule has 0 N–H and O–H groups in total. The van der Waals surface area contributed by atoms with Gasteiger partial charge in [-0.1, -0.05) is 64.8 Å². The highest BCUT2D eigenvalue weighted by atomic mass is 32.2. The van der Waals surface area contributed by atoms with Gasteiger partial charge < -0.3 is 0 Å². The van der Waals surface area contributed by atoms with Crippen LogP contribution in [0.3, 0.4) is 0 Å². The lowest BCUT2D eigenvalue weighted by molar-refractivity contribution is 0.245. The number of rotatable bonds is 9. The van der Waals surface area contributed by atoms with Crippen LogP contribution < -0.4 is 0 Å². The molecule has 0 radical (unpaired) electrons. The van der Waals surface area contributed by atoms with Crippen LogP contribution in [0.25, 0.3) is 0 Å². The highest BCUT2D eigenvalue weighted by molar-refractivity contribution is 7.99. The Hall–Kier alpha value is -0.430. The Labute approximate surface area is 156 Å². The van der Waals surface area contributed by atoms with E-state index in [1.165, 1.54) is 72.3 Å². The van der Waals surface area contributed by atoms with E-state index in [0.29, 0.717) is 10.8 Å². The zero-order valence-electron chi connectivity index (χ0n) is 17.2. The molecule has 0 nitrogen and oxygen atoms in total. The Morgan fingerprint density at radius 2 is 1.67 bits per heavy atom. The summed E-state index contributed by atoms with van der Waals surface area (Å²) in [6.45, 7) is 22.6. The fourth-order valence-electron chi connectivity index (χ4n) is 4.06. The molecule has 0 bridgehead atoms. The maximum absolute atomic E-state index is 4.55. The standard InChI is InChI=1S/C23H40S/c1-9-11-22(7,8)16-19(5)21(20(6)18(3)4)17-23(10-2)12-14-24-15-13-23/h3,5,9-17H2,1-2,4,6-8H3/b21-20+. The summed E-state index contributed by atoms with van der Waals surface area (Å²) >= 11 is 2.12. The van der Waals surface area contributed by atoms with Crippen molar-refractivity contribution in [2.24, 2.45) is 10.8 Å². The second kappa shape index (κ2) is 9.32. The molecule has 138 valence electrons. The van der Waals surface area contributed by atoms with E-state index in [2.05, 4.69) is 66.5 Å². The Kier molecular flexibility index (Phi) is 8.39. The summed E-state index contributed by atoms with van der Waals surface area (Å²) < 4.78 is 0. The van der Waals surface area contributed by atoms with Crippen molar-refractivity contribution >= 4 is 11.8 Å². The lowest BCUT2D eigenvalue weighted by atomic mass is 9.70. The molecule has 0 aromatic heterocycles. The molecule has 24 heavy (non-hydrogen) atoms. The van der Waals surface area contributed by atoms with Crippen molar-refractivity contribution in [3.63, 3.8) is 0 Å². The molecule has 1 heterocycles. The summed E-state index contributed by atoms with van der Waals surface area (Å²) in [6, 6.07) is 0. The Morgan fingerprint density at radius 3 is 2.12 bits per heavy atom. The summed E-state index contributed by atoms with van der Waals surface area (Å²) in [6.07, 6.45) is 8.81. The summed E-state index contributed by atoms with van der Waals surface area (Å²) in [4.78, 5) is 0. The van der Waals surface area contributed by atoms with Gasteiger partial charge in [0.15, 0.2) is 0 Å². The third-order valence-electron chi connectivity index (χ3n) is 5.99. The Balaban J connectivity index is 3.07. The van der Waals surface area contributed by atoms with E-state index in [4.69, 9.17) is 0 Å². The summed E-state index contributed by atoms with van der Waals surface area (Å²) in [5, 5.41) is 0. The van der Waals surface area contributed by atoms with Crippen molar-refractivity contribution in [3.8, 4) is 0 Å². The van der Waals surface area contributed by atoms with Crippen LogP contribution in [0, 0.1) is 10.8 Å². The highest BCUT2D eigenvalue weighted by Crippen LogP contribution is 2.46. The SMILES string of the molecule is C=C(C)/C(C)=C(\CC1(CC)CCSCC1)C(=C)CC(C)(C)CCC. The van der Waals surface area contributed by atoms with Gasteiger partial charge in [0.25, 0.3) is 0 Å². The summed E-state index contributed by atoms with van der Waals surface area (Å²) in [5.41, 5.74) is 6.29. The van der Waals surface area contributed by atoms with Gasteiger partial charge in [-0.05, 0) is 79.4 Å². The molecule has 0 saturated carbocycles. The first-order valence-corrected chi connectivity index (χ1v) is 10.9. The number of hydrogen-bond donors (Lipinski definition) is 0. The average Bonchev–Trinajstić information content (AvgIpc) is 2.52. The molecular formula is C23H40S. The first-order chi connectivity index (χ1) is 11.2. The first-order valence-electron chi connectivity index (χ1n) is 9.78. The number of thioether (sulfide) groups is 1. The van der Waals surface area contributed by atoms with Crippen molar-refractivity contribution in [1.29, 1.82) is 0 Å². The molecule has 0 unspecified atom stereocenters. The van der Waals surface area contributed by atoms with E-state index in [0.717, 1.165) is 6.42 Å². The van der Waals surface area contributed by atoms with Gasteiger partial charge in [-0.15, -0.1) is 0 Å². The van der Waals surface area contributed by atoms with E-state index in [-0.39, 0.29) is 0 Å². The van der Waals surface area contributed by atoms with Crippen LogP contribution in [0.2, 0.25) is 0 Å². The van der Waals surface area contributed by atoms with E-state index in [1.807, 2.05) is 0 Å². The van der Waals surface area contributed by atoms with Gasteiger partial charge in [0.2, 0.25) is 0 Å². The van der Waals surface area contributed by atoms with E-state index < -0.39 is 0 Å². The molecule has 0 spiro atoms. The second-order valence-corrected chi connectivity index (χ2v) is 9.95. The maximum Gasteiger partial charge on any atom is -0.00621 e. The van der Waals surface area contributed by atoms with E-state index >= 15 is 0 Å². The first kappa shape index (κ1) is 21.6. The van der Waals surface area contributed by atoms with Crippen LogP contribution in [0.4, 0.5) is 0 Å². The van der Waals surface area contributed by atoms with Crippen molar-refractivity contribution in [2.45, 2.75) is 86.5 Å². The molecule has 1 aliphatic rings. The van der Waals surface area contributed by atoms with Crippen LogP contribution in [-0.2, 0) is 0 Å². The third-order valence-corrected chi connectivity index (χ3v) is 6.98. The monoisotopic (exact) mass is 348 g/mol. The molecule has 0 atom stereocenters. The molecule has 1 rings (SSSR count). The van der Waals surface area contributed by atoms with Gasteiger partial charge >= 0.3 is 0 Å². The molecular weight excluding hydrogens is 308 g/mol. The minimum atomic E-state index is 0.342. The zero-order valence-corrected chi connectivity index (χ0v) is 18.0. The fraction of sp³-hybridized carbons (Fsp3) is 0.739. The third kappa shape index (κ3) is 6.14. The van der Waals surface area contributed by atoms with Crippen LogP contribution in [0.5, 0.6) is 0 Å². The van der Waals surface area contributed by atoms with Crippen molar-refractivity contribution in [3.05, 3.63) is 35.5 Å². The molecule has 1 saturated heterocycles. The molecule has 0 aromatic rings. The quantitative estimate of drug-likeness (QED) is 0.381. The molecule has 1 heteroatoms. The molecule has 0 amide bonds. The normalized spacial score (nSPS) is 18.9. The molecule has 0 aromatic carbocycles. The lowest BCUT2D eigenvalue weighted by Crippen LogP contribution is -2.27. The maximum atomic E-state index is 4.55. The van der Waals surface area contributed by atoms with E-state index in [1.54, 1.807) is 0 Å². The molecule has 0 aliphatic carbocycles. The van der Waals surface area contributed by atoms with Crippen molar-refractivity contribution in [2.75, 3.05) is 11.5 Å². The van der Waals surface area contributed by atoms with Crippen molar-refractivity contribution < 1.29 is 0 Å². The Bertz CT molecular complexity index is 472. The summed E-state index contributed by atoms with van der Waals surface area (Å²) in [5.74, 6) is 2.64. The predicted octanol–water partition coefficient (Wildman–Crippen LogP) is 7.97. The van der Waals surface area contributed by atoms with Gasteiger partial charge in [0.1, 0.15) is 0 Å². The Morgan fingerprint density at radius 1 is 1.08 bits per heavy atom. The van der Waals surface area contributed by atoms with Crippen LogP contribution >= 0.6 is 11.8 Å². The second-order valence-electron chi connectivity index (χ2n) is 8.72. The van der Waals surface area contributed by atoms with Gasteiger partial charge in [-0.3, -0.25) is 0 Å². The lowest BCUT2D eigenvalue weighted by Gasteiger charge is -2.39. The zero-order chi connectivity index (χ0) is 18.4. The minimum absolute atomic E-state index is 0.342. The minimum Gasteiger partial charge on any atom is -0.162 e. The average molecular weight is 349 g/mol. The predicted molar refractivity (Wildman–Crippen MR) is 114 cm³/mol. The highest BCUT2D eigenvalue weighted by Gasteiger charge is 2.33. The van der Waals surface area contributed by atoms with Gasteiger partial charge in [0, 0.05) is 0 Å². The number of allylic oxidation sites excluding steroid dienone is 4. The van der Waals surface area contributed by atoms with Crippen molar-refractivity contribution in [1.82, 2.24) is 0 Å². The fourth-order valence-corrected chi connectivity index (χ4v) is 5.42. The van der Waals surface area contributed by atoms with Gasteiger partial charge in [-0.2, -0.15) is 11.8 Å². The molecule has 1 fully saturated rings. The van der Waals surface area contributed by atoms with Crippen LogP contribution in [0.1, 0.15) is 86.5 Å². The van der Waals surface area contributed by atoms with Crippen LogP contribution in [0.15, 0.2) is 35.5 Å². The molecule has 1 aliphatic heterocycles. The smallest absolute Gasteiger partial charge is 0.00621 e. The summed E-state index contributed by atoms with van der Waals surface area (Å²) in [7, 11) is 0. The largest absolute Gasteiger partial charge is 0.162 e. The number of hydrogen-bond acceptors (Lipinski definition) is 1.